The van der Waals surface area contributed by atoms with Crippen LogP contribution in [0.25, 0.3) is 10.7 Å². The molecule has 1 atom stereocenters. The lowest BCUT2D eigenvalue weighted by Gasteiger charge is -2.21. The maximum absolute atomic E-state index is 11.6. The summed E-state index contributed by atoms with van der Waals surface area (Å²) in [6.07, 6.45) is 0.408. The lowest BCUT2D eigenvalue weighted by molar-refractivity contribution is -0.124. The van der Waals surface area contributed by atoms with Gasteiger partial charge in [0.25, 0.3) is 0 Å². The van der Waals surface area contributed by atoms with E-state index < -0.39 is 0 Å². The minimum absolute atomic E-state index is 0.0233. The number of rotatable bonds is 3. The highest BCUT2D eigenvalue weighted by Gasteiger charge is 2.24. The van der Waals surface area contributed by atoms with Crippen molar-refractivity contribution >= 4 is 33.2 Å². The molecular weight excluding hydrogens is 332 g/mol. The number of carbonyl (C=O) groups is 1. The van der Waals surface area contributed by atoms with Crippen LogP contribution in [0.5, 0.6) is 0 Å². The number of aromatic nitrogens is 2. The fourth-order valence-electron chi connectivity index (χ4n) is 1.86. The van der Waals surface area contributed by atoms with Crippen molar-refractivity contribution in [3.63, 3.8) is 0 Å². The monoisotopic (exact) mass is 342 g/mol. The van der Waals surface area contributed by atoms with Crippen LogP contribution in [0.1, 0.15) is 5.89 Å². The van der Waals surface area contributed by atoms with E-state index >= 15 is 0 Å². The maximum Gasteiger partial charge on any atom is 0.237 e. The molecule has 1 aliphatic rings. The van der Waals surface area contributed by atoms with Crippen molar-refractivity contribution in [2.24, 2.45) is 0 Å². The van der Waals surface area contributed by atoms with Gasteiger partial charge in [0.15, 0.2) is 0 Å². The lowest BCUT2D eigenvalue weighted by atomic mass is 10.1. The van der Waals surface area contributed by atoms with Gasteiger partial charge in [-0.2, -0.15) is 4.98 Å². The molecule has 0 spiro atoms. The predicted octanol–water partition coefficient (Wildman–Crippen LogP) is 1.19. The summed E-state index contributed by atoms with van der Waals surface area (Å²) in [6, 6.07) is 1.64. The van der Waals surface area contributed by atoms with Crippen molar-refractivity contribution in [1.82, 2.24) is 20.8 Å². The molecule has 1 aliphatic heterocycles. The van der Waals surface area contributed by atoms with Gasteiger partial charge in [0.2, 0.25) is 17.6 Å². The third-order valence-electron chi connectivity index (χ3n) is 2.77. The number of hydrogen-bond donors (Lipinski definition) is 2. The molecule has 0 radical (unpaired) electrons. The summed E-state index contributed by atoms with van der Waals surface area (Å²) in [5.41, 5.74) is 0. The molecule has 1 fully saturated rings. The van der Waals surface area contributed by atoms with Crippen LogP contribution in [0.15, 0.2) is 20.4 Å². The van der Waals surface area contributed by atoms with Crippen molar-refractivity contribution in [2.45, 2.75) is 12.5 Å². The number of nitrogens with one attached hydrogen (secondary N) is 2. The van der Waals surface area contributed by atoms with Gasteiger partial charge in [-0.05, 0) is 22.0 Å². The molecule has 2 N–H and O–H groups in total. The average molecular weight is 343 g/mol. The molecule has 2 aromatic rings. The number of halogens is 1. The number of nitrogens with zero attached hydrogens (tertiary/aromatic N) is 2. The Hall–Kier alpha value is -1.25. The molecule has 0 aliphatic carbocycles. The van der Waals surface area contributed by atoms with Gasteiger partial charge >= 0.3 is 0 Å². The number of piperazine rings is 1. The molecule has 2 aromatic heterocycles. The molecule has 8 heteroatoms. The van der Waals surface area contributed by atoms with Crippen LogP contribution in [0.3, 0.4) is 0 Å². The smallest absolute Gasteiger partial charge is 0.237 e. The molecule has 0 bridgehead atoms. The average Bonchev–Trinajstić information content (AvgIpc) is 3.01. The van der Waals surface area contributed by atoms with Crippen molar-refractivity contribution in [2.75, 3.05) is 13.1 Å². The fraction of sp³-hybridized carbons (Fsp3) is 0.364. The Bertz CT molecular complexity index is 597. The van der Waals surface area contributed by atoms with Crippen LogP contribution in [0, 0.1) is 0 Å². The van der Waals surface area contributed by atoms with Gasteiger partial charge in [-0.1, -0.05) is 5.16 Å². The molecule has 3 heterocycles. The number of thiophene rings is 1. The third-order valence-corrected chi connectivity index (χ3v) is 4.45. The zero-order chi connectivity index (χ0) is 13.2. The van der Waals surface area contributed by atoms with Gasteiger partial charge in [0.05, 0.1) is 17.3 Å². The summed E-state index contributed by atoms with van der Waals surface area (Å²) >= 11 is 4.92. The van der Waals surface area contributed by atoms with E-state index in [4.69, 9.17) is 4.52 Å². The van der Waals surface area contributed by atoms with E-state index in [0.717, 1.165) is 15.9 Å². The normalized spacial score (nSPS) is 19.4. The first-order valence-electron chi connectivity index (χ1n) is 5.80. The fourth-order valence-corrected chi connectivity index (χ4v) is 3.21. The van der Waals surface area contributed by atoms with Crippen molar-refractivity contribution in [3.05, 3.63) is 21.8 Å². The first kappa shape index (κ1) is 12.8. The van der Waals surface area contributed by atoms with Crippen LogP contribution in [-0.2, 0) is 11.2 Å². The zero-order valence-corrected chi connectivity index (χ0v) is 12.3. The molecule has 0 saturated carbocycles. The minimum atomic E-state index is -0.294. The third kappa shape index (κ3) is 2.85. The quantitative estimate of drug-likeness (QED) is 0.875. The molecule has 0 aromatic carbocycles. The van der Waals surface area contributed by atoms with Crippen molar-refractivity contribution in [3.8, 4) is 10.7 Å². The molecule has 6 nitrogen and oxygen atoms in total. The standard InChI is InChI=1S/C11H11BrN4O2S/c12-6-3-8(19-5-6)10-15-9(18-16-10)4-7-11(17)14-2-1-13-7/h3,5,7,13H,1-2,4H2,(H,14,17). The second-order valence-corrected chi connectivity index (χ2v) is 5.97. The molecule has 100 valence electrons. The Morgan fingerprint density at radius 1 is 1.53 bits per heavy atom. The zero-order valence-electron chi connectivity index (χ0n) is 9.85. The van der Waals surface area contributed by atoms with Gasteiger partial charge in [-0.15, -0.1) is 11.3 Å². The highest BCUT2D eigenvalue weighted by Crippen LogP contribution is 2.27. The Morgan fingerprint density at radius 2 is 2.42 bits per heavy atom. The summed E-state index contributed by atoms with van der Waals surface area (Å²) in [5, 5.41) is 11.8. The first-order chi connectivity index (χ1) is 9.22. The molecule has 19 heavy (non-hydrogen) atoms. The summed E-state index contributed by atoms with van der Waals surface area (Å²) < 4.78 is 6.18. The van der Waals surface area contributed by atoms with Crippen LogP contribution < -0.4 is 10.6 Å². The van der Waals surface area contributed by atoms with E-state index in [-0.39, 0.29) is 11.9 Å². The highest BCUT2D eigenvalue weighted by molar-refractivity contribution is 9.10. The van der Waals surface area contributed by atoms with Crippen LogP contribution in [0.2, 0.25) is 0 Å². The van der Waals surface area contributed by atoms with Crippen LogP contribution >= 0.6 is 27.3 Å². The molecule has 3 rings (SSSR count). The van der Waals surface area contributed by atoms with E-state index in [1.165, 1.54) is 11.3 Å². The van der Waals surface area contributed by atoms with Gasteiger partial charge in [-0.25, -0.2) is 0 Å². The Balaban J connectivity index is 1.72. The van der Waals surface area contributed by atoms with Gasteiger partial charge in [0.1, 0.15) is 0 Å². The maximum atomic E-state index is 11.6. The Kier molecular flexibility index (Phi) is 3.63. The molecular formula is C11H11BrN4O2S. The summed E-state index contributed by atoms with van der Waals surface area (Å²) in [4.78, 5) is 16.9. The van der Waals surface area contributed by atoms with E-state index in [2.05, 4.69) is 36.7 Å². The van der Waals surface area contributed by atoms with Gasteiger partial charge < -0.3 is 15.2 Å². The second kappa shape index (κ2) is 5.40. The Labute approximate surface area is 121 Å². The first-order valence-corrected chi connectivity index (χ1v) is 7.48. The Morgan fingerprint density at radius 3 is 3.16 bits per heavy atom. The molecule has 1 unspecified atom stereocenters. The van der Waals surface area contributed by atoms with Gasteiger partial charge in [0, 0.05) is 22.9 Å². The topological polar surface area (TPSA) is 80.0 Å². The van der Waals surface area contributed by atoms with Crippen LogP contribution in [0.4, 0.5) is 0 Å². The summed E-state index contributed by atoms with van der Waals surface area (Å²) in [6.45, 7) is 1.42. The SMILES string of the molecule is O=C1NCCNC1Cc1nc(-c2cc(Br)cs2)no1. The summed E-state index contributed by atoms with van der Waals surface area (Å²) in [5.74, 6) is 1.00. The second-order valence-electron chi connectivity index (χ2n) is 4.14. The largest absolute Gasteiger partial charge is 0.353 e. The lowest BCUT2D eigenvalue weighted by Crippen LogP contribution is -2.53. The number of amides is 1. The summed E-state index contributed by atoms with van der Waals surface area (Å²) in [7, 11) is 0. The minimum Gasteiger partial charge on any atom is -0.353 e. The van der Waals surface area contributed by atoms with E-state index in [0.29, 0.717) is 24.7 Å². The molecule has 1 saturated heterocycles. The van der Waals surface area contributed by atoms with Crippen molar-refractivity contribution < 1.29 is 9.32 Å². The van der Waals surface area contributed by atoms with Crippen LogP contribution in [-0.4, -0.2) is 35.2 Å². The molecule has 1 amide bonds. The van der Waals surface area contributed by atoms with E-state index in [1.54, 1.807) is 0 Å². The van der Waals surface area contributed by atoms with Crippen molar-refractivity contribution in [1.29, 1.82) is 0 Å². The highest BCUT2D eigenvalue weighted by atomic mass is 79.9. The number of hydrogen-bond acceptors (Lipinski definition) is 6. The van der Waals surface area contributed by atoms with Gasteiger partial charge in [-0.3, -0.25) is 4.79 Å². The van der Waals surface area contributed by atoms with E-state index in [9.17, 15) is 4.79 Å². The predicted molar refractivity (Wildman–Crippen MR) is 73.8 cm³/mol. The number of carbonyl (C=O) groups excluding carboxylic acids is 1. The van der Waals surface area contributed by atoms with E-state index in [1.807, 2.05) is 11.4 Å².